The third-order valence-corrected chi connectivity index (χ3v) is 3.19. The Labute approximate surface area is 129 Å². The average molecular weight is 301 g/mol. The average Bonchev–Trinajstić information content (AvgIpc) is 2.55. The van der Waals surface area contributed by atoms with Gasteiger partial charge in [-0.2, -0.15) is 0 Å². The molecule has 0 atom stereocenters. The summed E-state index contributed by atoms with van der Waals surface area (Å²) >= 11 is 0. The van der Waals surface area contributed by atoms with Gasteiger partial charge in [0.1, 0.15) is 11.5 Å². The molecule has 2 aromatic rings. The lowest BCUT2D eigenvalue weighted by molar-refractivity contribution is 0.0964. The number of hydrogen-bond donors (Lipinski definition) is 3. The van der Waals surface area contributed by atoms with E-state index in [0.29, 0.717) is 28.4 Å². The lowest BCUT2D eigenvalue weighted by atomic mass is 10.1. The van der Waals surface area contributed by atoms with Crippen molar-refractivity contribution in [3.63, 3.8) is 0 Å². The maximum atomic E-state index is 12.0. The highest BCUT2D eigenvalue weighted by Crippen LogP contribution is 2.32. The number of nitrogen functional groups attached to an aromatic ring is 1. The Balaban J connectivity index is 2.41. The van der Waals surface area contributed by atoms with E-state index in [1.807, 2.05) is 12.1 Å². The van der Waals surface area contributed by atoms with Crippen LogP contribution < -0.4 is 25.8 Å². The van der Waals surface area contributed by atoms with E-state index in [1.54, 1.807) is 45.5 Å². The van der Waals surface area contributed by atoms with Crippen molar-refractivity contribution in [3.8, 4) is 11.5 Å². The second-order valence-corrected chi connectivity index (χ2v) is 4.58. The summed E-state index contributed by atoms with van der Waals surface area (Å²) in [6, 6.07) is 10.5. The number of nitrogens with two attached hydrogens (primary N) is 1. The van der Waals surface area contributed by atoms with Gasteiger partial charge in [-0.05, 0) is 30.3 Å². The van der Waals surface area contributed by atoms with Crippen molar-refractivity contribution < 1.29 is 14.3 Å². The molecule has 0 saturated carbocycles. The van der Waals surface area contributed by atoms with Crippen molar-refractivity contribution in [1.82, 2.24) is 5.32 Å². The molecule has 0 aliphatic carbocycles. The largest absolute Gasteiger partial charge is 0.497 e. The van der Waals surface area contributed by atoms with E-state index < -0.39 is 0 Å². The Bertz CT molecular complexity index is 686. The molecule has 0 aromatic heterocycles. The number of hydrogen-bond acceptors (Lipinski definition) is 5. The predicted octanol–water partition coefficient (Wildman–Crippen LogP) is 2.39. The molecule has 0 saturated heterocycles. The summed E-state index contributed by atoms with van der Waals surface area (Å²) in [5, 5.41) is 5.78. The zero-order valence-corrected chi connectivity index (χ0v) is 12.8. The molecule has 22 heavy (non-hydrogen) atoms. The van der Waals surface area contributed by atoms with Gasteiger partial charge < -0.3 is 25.8 Å². The summed E-state index contributed by atoms with van der Waals surface area (Å²) in [4.78, 5) is 12.0. The Morgan fingerprint density at radius 3 is 2.41 bits per heavy atom. The van der Waals surface area contributed by atoms with Gasteiger partial charge in [-0.15, -0.1) is 0 Å². The molecule has 6 nitrogen and oxygen atoms in total. The topological polar surface area (TPSA) is 85.6 Å². The first-order chi connectivity index (χ1) is 10.6. The Morgan fingerprint density at radius 2 is 1.77 bits per heavy atom. The van der Waals surface area contributed by atoms with Crippen molar-refractivity contribution >= 4 is 23.0 Å². The van der Waals surface area contributed by atoms with Gasteiger partial charge in [-0.25, -0.2) is 0 Å². The number of carbonyl (C=O) groups is 1. The van der Waals surface area contributed by atoms with Crippen LogP contribution in [0.5, 0.6) is 11.5 Å². The predicted molar refractivity (Wildman–Crippen MR) is 87.1 cm³/mol. The molecular formula is C16H19N3O3. The molecule has 0 unspecified atom stereocenters. The lowest BCUT2D eigenvalue weighted by Gasteiger charge is -2.15. The SMILES string of the molecule is CNC(=O)c1cc(N)ccc1Nc1ccc(OC)cc1OC. The molecule has 116 valence electrons. The summed E-state index contributed by atoms with van der Waals surface area (Å²) in [5.74, 6) is 1.08. The molecule has 0 spiro atoms. The van der Waals surface area contributed by atoms with Gasteiger partial charge in [-0.1, -0.05) is 0 Å². The Kier molecular flexibility index (Phi) is 4.73. The first-order valence-electron chi connectivity index (χ1n) is 6.69. The standard InChI is InChI=1S/C16H19N3O3/c1-18-16(20)12-8-10(17)4-6-13(12)19-14-7-5-11(21-2)9-15(14)22-3/h4-9,19H,17H2,1-3H3,(H,18,20). The molecule has 0 bridgehead atoms. The highest BCUT2D eigenvalue weighted by Gasteiger charge is 2.13. The highest BCUT2D eigenvalue weighted by atomic mass is 16.5. The molecular weight excluding hydrogens is 282 g/mol. The molecule has 6 heteroatoms. The van der Waals surface area contributed by atoms with Crippen molar-refractivity contribution in [2.75, 3.05) is 32.3 Å². The number of rotatable bonds is 5. The first kappa shape index (κ1) is 15.5. The van der Waals surface area contributed by atoms with Crippen LogP contribution in [-0.4, -0.2) is 27.2 Å². The van der Waals surface area contributed by atoms with Gasteiger partial charge in [0.25, 0.3) is 5.91 Å². The lowest BCUT2D eigenvalue weighted by Crippen LogP contribution is -2.19. The van der Waals surface area contributed by atoms with Crippen LogP contribution in [0, 0.1) is 0 Å². The molecule has 0 radical (unpaired) electrons. The second-order valence-electron chi connectivity index (χ2n) is 4.58. The fourth-order valence-corrected chi connectivity index (χ4v) is 2.04. The number of carbonyl (C=O) groups excluding carboxylic acids is 1. The van der Waals surface area contributed by atoms with Crippen LogP contribution in [0.15, 0.2) is 36.4 Å². The number of ether oxygens (including phenoxy) is 2. The smallest absolute Gasteiger partial charge is 0.253 e. The van der Waals surface area contributed by atoms with Crippen molar-refractivity contribution in [1.29, 1.82) is 0 Å². The van der Waals surface area contributed by atoms with E-state index in [0.717, 1.165) is 5.69 Å². The summed E-state index contributed by atoms with van der Waals surface area (Å²) in [6.45, 7) is 0. The normalized spacial score (nSPS) is 9.95. The highest BCUT2D eigenvalue weighted by molar-refractivity contribution is 6.01. The van der Waals surface area contributed by atoms with Crippen LogP contribution >= 0.6 is 0 Å². The van der Waals surface area contributed by atoms with Crippen LogP contribution in [0.4, 0.5) is 17.1 Å². The van der Waals surface area contributed by atoms with E-state index >= 15 is 0 Å². The zero-order chi connectivity index (χ0) is 16.1. The summed E-state index contributed by atoms with van der Waals surface area (Å²) in [5.41, 5.74) is 8.09. The minimum Gasteiger partial charge on any atom is -0.497 e. The van der Waals surface area contributed by atoms with Crippen LogP contribution in [0.1, 0.15) is 10.4 Å². The van der Waals surface area contributed by atoms with Gasteiger partial charge in [0.2, 0.25) is 0 Å². The third kappa shape index (κ3) is 3.22. The number of amides is 1. The van der Waals surface area contributed by atoms with Crippen molar-refractivity contribution in [2.45, 2.75) is 0 Å². The van der Waals surface area contributed by atoms with E-state index in [9.17, 15) is 4.79 Å². The summed E-state index contributed by atoms with van der Waals surface area (Å²) in [6.07, 6.45) is 0. The van der Waals surface area contributed by atoms with Crippen LogP contribution in [0.25, 0.3) is 0 Å². The number of anilines is 3. The minimum atomic E-state index is -0.220. The molecule has 0 fully saturated rings. The minimum absolute atomic E-state index is 0.220. The molecule has 4 N–H and O–H groups in total. The quantitative estimate of drug-likeness (QED) is 0.738. The third-order valence-electron chi connectivity index (χ3n) is 3.19. The molecule has 0 heterocycles. The van der Waals surface area contributed by atoms with E-state index in [2.05, 4.69) is 10.6 Å². The second kappa shape index (κ2) is 6.71. The fraction of sp³-hybridized carbons (Fsp3) is 0.188. The molecule has 2 rings (SSSR count). The van der Waals surface area contributed by atoms with E-state index in [1.165, 1.54) is 0 Å². The first-order valence-corrected chi connectivity index (χ1v) is 6.69. The molecule has 2 aromatic carbocycles. The van der Waals surface area contributed by atoms with Crippen molar-refractivity contribution in [3.05, 3.63) is 42.0 Å². The number of methoxy groups -OCH3 is 2. The van der Waals surface area contributed by atoms with Gasteiger partial charge in [0.15, 0.2) is 0 Å². The van der Waals surface area contributed by atoms with Crippen LogP contribution in [0.3, 0.4) is 0 Å². The van der Waals surface area contributed by atoms with Crippen molar-refractivity contribution in [2.24, 2.45) is 0 Å². The maximum Gasteiger partial charge on any atom is 0.253 e. The zero-order valence-electron chi connectivity index (χ0n) is 12.8. The molecule has 1 amide bonds. The molecule has 0 aliphatic rings. The van der Waals surface area contributed by atoms with E-state index in [-0.39, 0.29) is 5.91 Å². The van der Waals surface area contributed by atoms with Crippen LogP contribution in [-0.2, 0) is 0 Å². The maximum absolute atomic E-state index is 12.0. The summed E-state index contributed by atoms with van der Waals surface area (Å²) < 4.78 is 10.5. The number of benzene rings is 2. The fourth-order valence-electron chi connectivity index (χ4n) is 2.04. The van der Waals surface area contributed by atoms with E-state index in [4.69, 9.17) is 15.2 Å². The van der Waals surface area contributed by atoms with Gasteiger partial charge in [-0.3, -0.25) is 4.79 Å². The Hall–Kier alpha value is -2.89. The van der Waals surface area contributed by atoms with Gasteiger partial charge in [0.05, 0.1) is 31.2 Å². The van der Waals surface area contributed by atoms with Gasteiger partial charge >= 0.3 is 0 Å². The number of nitrogens with one attached hydrogen (secondary N) is 2. The Morgan fingerprint density at radius 1 is 1.05 bits per heavy atom. The summed E-state index contributed by atoms with van der Waals surface area (Å²) in [7, 11) is 4.73. The monoisotopic (exact) mass is 301 g/mol. The van der Waals surface area contributed by atoms with Crippen LogP contribution in [0.2, 0.25) is 0 Å². The van der Waals surface area contributed by atoms with Gasteiger partial charge in [0, 0.05) is 18.8 Å². The molecule has 0 aliphatic heterocycles.